The second-order valence-electron chi connectivity index (χ2n) is 8.05. The summed E-state index contributed by atoms with van der Waals surface area (Å²) in [5.41, 5.74) is 0.965. The van der Waals surface area contributed by atoms with Crippen LogP contribution in [0.25, 0.3) is 5.76 Å². The van der Waals surface area contributed by atoms with E-state index < -0.39 is 23.5 Å². The Kier molecular flexibility index (Phi) is 4.88. The van der Waals surface area contributed by atoms with Crippen molar-refractivity contribution in [1.29, 1.82) is 0 Å². The van der Waals surface area contributed by atoms with Gasteiger partial charge in [0.2, 0.25) is 0 Å². The van der Waals surface area contributed by atoms with Gasteiger partial charge in [-0.15, -0.1) is 0 Å². The third kappa shape index (κ3) is 3.34. The lowest BCUT2D eigenvalue weighted by atomic mass is 9.94. The molecule has 1 atom stereocenters. The Hall–Kier alpha value is -3.35. The van der Waals surface area contributed by atoms with Gasteiger partial charge in [0.15, 0.2) is 11.5 Å². The van der Waals surface area contributed by atoms with Crippen LogP contribution in [0, 0.1) is 5.82 Å². The van der Waals surface area contributed by atoms with Crippen molar-refractivity contribution in [3.63, 3.8) is 0 Å². The van der Waals surface area contributed by atoms with E-state index in [-0.39, 0.29) is 17.4 Å². The van der Waals surface area contributed by atoms with Gasteiger partial charge in [-0.2, -0.15) is 0 Å². The van der Waals surface area contributed by atoms with E-state index >= 15 is 0 Å². The van der Waals surface area contributed by atoms with Gasteiger partial charge >= 0.3 is 0 Å². The fourth-order valence-corrected chi connectivity index (χ4v) is 4.73. The first-order valence-corrected chi connectivity index (χ1v) is 10.5. The molecule has 1 aliphatic carbocycles. The van der Waals surface area contributed by atoms with Gasteiger partial charge in [-0.1, -0.05) is 25.0 Å². The van der Waals surface area contributed by atoms with Crippen molar-refractivity contribution in [1.82, 2.24) is 4.90 Å². The number of halogens is 1. The lowest BCUT2D eigenvalue weighted by Crippen LogP contribution is -2.37. The number of aliphatic hydroxyl groups excluding tert-OH is 1. The lowest BCUT2D eigenvalue weighted by Gasteiger charge is -2.30. The van der Waals surface area contributed by atoms with E-state index in [2.05, 4.69) is 0 Å². The second-order valence-corrected chi connectivity index (χ2v) is 8.05. The number of ether oxygens (including phenoxy) is 2. The van der Waals surface area contributed by atoms with E-state index in [4.69, 9.17) is 9.47 Å². The molecule has 0 aromatic heterocycles. The summed E-state index contributed by atoms with van der Waals surface area (Å²) in [5, 5.41) is 11.2. The van der Waals surface area contributed by atoms with Crippen molar-refractivity contribution >= 4 is 17.4 Å². The first-order valence-electron chi connectivity index (χ1n) is 10.5. The molecule has 0 radical (unpaired) electrons. The van der Waals surface area contributed by atoms with Gasteiger partial charge in [0, 0.05) is 11.6 Å². The van der Waals surface area contributed by atoms with Crippen LogP contribution in [0.5, 0.6) is 11.5 Å². The number of fused-ring (bicyclic) bond motifs is 1. The standard InChI is InChI=1S/C24H22FNO5/c25-16-8-5-14(6-9-16)21-20(23(28)24(29)26(21)17-3-1-2-4-17)22(27)15-7-10-18-19(13-15)31-12-11-30-18/h5-10,13,17,21,27H,1-4,11-12H2/b22-20-. The molecule has 160 valence electrons. The van der Waals surface area contributed by atoms with Crippen molar-refractivity contribution in [2.45, 2.75) is 37.8 Å². The highest BCUT2D eigenvalue weighted by Crippen LogP contribution is 2.44. The number of nitrogens with zero attached hydrogens (tertiary/aromatic N) is 1. The van der Waals surface area contributed by atoms with E-state index in [0.717, 1.165) is 25.7 Å². The molecule has 1 saturated carbocycles. The zero-order valence-corrected chi connectivity index (χ0v) is 16.8. The number of Topliss-reactive ketones (excluding diaryl/α,β-unsaturated/α-hetero) is 1. The molecule has 2 aliphatic heterocycles. The largest absolute Gasteiger partial charge is 0.507 e. The summed E-state index contributed by atoms with van der Waals surface area (Å²) in [6, 6.07) is 9.78. The van der Waals surface area contributed by atoms with Crippen molar-refractivity contribution in [3.05, 3.63) is 65.0 Å². The number of ketones is 1. The molecule has 31 heavy (non-hydrogen) atoms. The number of amides is 1. The van der Waals surface area contributed by atoms with Crippen LogP contribution in [0.3, 0.4) is 0 Å². The minimum Gasteiger partial charge on any atom is -0.507 e. The van der Waals surface area contributed by atoms with Gasteiger partial charge in [-0.3, -0.25) is 9.59 Å². The third-order valence-corrected chi connectivity index (χ3v) is 6.20. The van der Waals surface area contributed by atoms with Crippen LogP contribution in [0.2, 0.25) is 0 Å². The quantitative estimate of drug-likeness (QED) is 0.459. The van der Waals surface area contributed by atoms with E-state index in [1.165, 1.54) is 12.1 Å². The van der Waals surface area contributed by atoms with Gasteiger partial charge in [-0.05, 0) is 48.7 Å². The van der Waals surface area contributed by atoms with Gasteiger partial charge in [0.05, 0.1) is 11.6 Å². The Balaban J connectivity index is 1.64. The molecule has 0 spiro atoms. The maximum Gasteiger partial charge on any atom is 0.295 e. The zero-order valence-electron chi connectivity index (χ0n) is 16.8. The normalized spacial score (nSPS) is 22.9. The molecule has 1 amide bonds. The average Bonchev–Trinajstić information content (AvgIpc) is 3.40. The number of benzene rings is 2. The number of carbonyl (C=O) groups excluding carboxylic acids is 2. The highest BCUT2D eigenvalue weighted by molar-refractivity contribution is 6.46. The topological polar surface area (TPSA) is 76.1 Å². The molecular formula is C24H22FNO5. The zero-order chi connectivity index (χ0) is 21.5. The first-order chi connectivity index (χ1) is 15.0. The lowest BCUT2D eigenvalue weighted by molar-refractivity contribution is -0.141. The maximum atomic E-state index is 13.6. The van der Waals surface area contributed by atoms with Crippen molar-refractivity contribution in [3.8, 4) is 11.5 Å². The fourth-order valence-electron chi connectivity index (χ4n) is 4.73. The molecular weight excluding hydrogens is 401 g/mol. The number of likely N-dealkylation sites (tertiary alicyclic amines) is 1. The van der Waals surface area contributed by atoms with Gasteiger partial charge in [0.25, 0.3) is 11.7 Å². The maximum absolute atomic E-state index is 13.6. The van der Waals surface area contributed by atoms with Crippen molar-refractivity contribution in [2.24, 2.45) is 0 Å². The molecule has 1 N–H and O–H groups in total. The van der Waals surface area contributed by atoms with Crippen LogP contribution in [0.4, 0.5) is 4.39 Å². The summed E-state index contributed by atoms with van der Waals surface area (Å²) in [6.07, 6.45) is 3.56. The molecule has 1 unspecified atom stereocenters. The molecule has 6 nitrogen and oxygen atoms in total. The Bertz CT molecular complexity index is 1070. The molecule has 2 aromatic rings. The van der Waals surface area contributed by atoms with E-state index in [1.54, 1.807) is 35.2 Å². The molecule has 3 aliphatic rings. The smallest absolute Gasteiger partial charge is 0.295 e. The van der Waals surface area contributed by atoms with Crippen LogP contribution >= 0.6 is 0 Å². The van der Waals surface area contributed by atoms with E-state index in [1.807, 2.05) is 0 Å². The third-order valence-electron chi connectivity index (χ3n) is 6.20. The number of aliphatic hydroxyl groups is 1. The van der Waals surface area contributed by atoms with Gasteiger partial charge in [0.1, 0.15) is 24.8 Å². The molecule has 1 saturated heterocycles. The predicted octanol–water partition coefficient (Wildman–Crippen LogP) is 3.96. The average molecular weight is 423 g/mol. The number of rotatable bonds is 3. The summed E-state index contributed by atoms with van der Waals surface area (Å²) in [7, 11) is 0. The molecule has 2 fully saturated rings. The Morgan fingerprint density at radius 3 is 2.35 bits per heavy atom. The highest BCUT2D eigenvalue weighted by Gasteiger charge is 2.49. The van der Waals surface area contributed by atoms with Crippen LogP contribution in [0.1, 0.15) is 42.9 Å². The fraction of sp³-hybridized carbons (Fsp3) is 0.333. The van der Waals surface area contributed by atoms with Crippen molar-refractivity contribution in [2.75, 3.05) is 13.2 Å². The molecule has 0 bridgehead atoms. The van der Waals surface area contributed by atoms with Gasteiger partial charge in [-0.25, -0.2) is 4.39 Å². The minimum absolute atomic E-state index is 0.0141. The van der Waals surface area contributed by atoms with Crippen LogP contribution in [-0.4, -0.2) is 41.0 Å². The van der Waals surface area contributed by atoms with E-state index in [9.17, 15) is 19.1 Å². The number of hydrogen-bond donors (Lipinski definition) is 1. The second kappa shape index (κ2) is 7.72. The first kappa shape index (κ1) is 19.6. The summed E-state index contributed by atoms with van der Waals surface area (Å²) in [6.45, 7) is 0.828. The van der Waals surface area contributed by atoms with Gasteiger partial charge < -0.3 is 19.5 Å². The predicted molar refractivity (Wildman–Crippen MR) is 110 cm³/mol. The summed E-state index contributed by atoms with van der Waals surface area (Å²) in [5.74, 6) is -1.00. The minimum atomic E-state index is -0.767. The highest BCUT2D eigenvalue weighted by atomic mass is 19.1. The number of carbonyl (C=O) groups is 2. The molecule has 7 heteroatoms. The van der Waals surface area contributed by atoms with E-state index in [0.29, 0.717) is 35.8 Å². The molecule has 2 aromatic carbocycles. The SMILES string of the molecule is O=C1C(=O)N(C2CCCC2)C(c2ccc(F)cc2)/C1=C(/O)c1ccc2c(c1)OCCO2. The Morgan fingerprint density at radius 2 is 1.65 bits per heavy atom. The molecule has 2 heterocycles. The van der Waals surface area contributed by atoms with Crippen LogP contribution in [0.15, 0.2) is 48.0 Å². The summed E-state index contributed by atoms with van der Waals surface area (Å²) in [4.78, 5) is 27.7. The monoisotopic (exact) mass is 423 g/mol. The van der Waals surface area contributed by atoms with Crippen LogP contribution < -0.4 is 9.47 Å². The van der Waals surface area contributed by atoms with Crippen molar-refractivity contribution < 1.29 is 28.6 Å². The molecule has 5 rings (SSSR count). The summed E-state index contributed by atoms with van der Waals surface area (Å²) >= 11 is 0. The number of hydrogen-bond acceptors (Lipinski definition) is 5. The summed E-state index contributed by atoms with van der Waals surface area (Å²) < 4.78 is 24.7. The van der Waals surface area contributed by atoms with Crippen LogP contribution in [-0.2, 0) is 9.59 Å². The Morgan fingerprint density at radius 1 is 0.968 bits per heavy atom. The Labute approximate surface area is 178 Å².